The molecule has 2 nitrogen and oxygen atoms in total. The van der Waals surface area contributed by atoms with E-state index < -0.39 is 0 Å². The smallest absolute Gasteiger partial charge is 0.119 e. The van der Waals surface area contributed by atoms with Gasteiger partial charge in [0.05, 0.1) is 0 Å². The van der Waals surface area contributed by atoms with Crippen molar-refractivity contribution in [2.45, 2.75) is 59.3 Å². The lowest BCUT2D eigenvalue weighted by Gasteiger charge is -2.48. The molecule has 120 valence electrons. The van der Waals surface area contributed by atoms with E-state index in [4.69, 9.17) is 0 Å². The highest BCUT2D eigenvalue weighted by molar-refractivity contribution is 5.42. The molecule has 0 aliphatic heterocycles. The number of hydrogen-bond donors (Lipinski definition) is 2. The summed E-state index contributed by atoms with van der Waals surface area (Å²) < 4.78 is 0. The summed E-state index contributed by atoms with van der Waals surface area (Å²) in [6.45, 7) is 7.11. The van der Waals surface area contributed by atoms with Crippen molar-refractivity contribution in [2.24, 2.45) is 17.3 Å². The van der Waals surface area contributed by atoms with Crippen LogP contribution in [0.2, 0.25) is 0 Å². The average molecular weight is 300 g/mol. The minimum atomic E-state index is 0.238. The molecule has 22 heavy (non-hydrogen) atoms. The van der Waals surface area contributed by atoms with E-state index >= 15 is 0 Å². The zero-order valence-electron chi connectivity index (χ0n) is 14.0. The molecule has 3 rings (SSSR count). The average Bonchev–Trinajstić information content (AvgIpc) is 2.45. The highest BCUT2D eigenvalue weighted by Gasteiger charge is 2.42. The molecule has 0 bridgehead atoms. The van der Waals surface area contributed by atoms with Gasteiger partial charge >= 0.3 is 0 Å². The molecule has 0 saturated heterocycles. The van der Waals surface area contributed by atoms with Crippen molar-refractivity contribution in [3.05, 3.63) is 34.9 Å². The van der Waals surface area contributed by atoms with Crippen molar-refractivity contribution in [2.75, 3.05) is 0 Å². The van der Waals surface area contributed by atoms with Gasteiger partial charge < -0.3 is 10.2 Å². The van der Waals surface area contributed by atoms with Crippen LogP contribution in [0.25, 0.3) is 0 Å². The van der Waals surface area contributed by atoms with E-state index in [-0.39, 0.29) is 5.75 Å². The van der Waals surface area contributed by atoms with Crippen LogP contribution in [-0.4, -0.2) is 10.2 Å². The summed E-state index contributed by atoms with van der Waals surface area (Å²) in [5.74, 6) is 1.95. The number of rotatable bonds is 2. The third-order valence-electron chi connectivity index (χ3n) is 6.10. The molecular formula is C20H28O2. The number of phenols is 2. The first-order valence-electron chi connectivity index (χ1n) is 8.58. The molecule has 0 unspecified atom stereocenters. The highest BCUT2D eigenvalue weighted by Crippen LogP contribution is 2.53. The van der Waals surface area contributed by atoms with Gasteiger partial charge in [-0.3, -0.25) is 0 Å². The summed E-state index contributed by atoms with van der Waals surface area (Å²) >= 11 is 0. The standard InChI is InChI=1S/C20H28O2/c1-13-6-8-18-16(5-4-10-20(18,2)3)17(13)12-14-11-15(21)7-9-19(14)22/h7,9,11,16,18,21-22H,4-6,8,10,12H2,1-3H3/t16-,18-/m1/s1. The summed E-state index contributed by atoms with van der Waals surface area (Å²) in [6, 6.07) is 4.87. The van der Waals surface area contributed by atoms with Crippen LogP contribution >= 0.6 is 0 Å². The monoisotopic (exact) mass is 300 g/mol. The summed E-state index contributed by atoms with van der Waals surface area (Å²) in [5.41, 5.74) is 4.31. The van der Waals surface area contributed by atoms with Gasteiger partial charge in [-0.1, -0.05) is 31.4 Å². The van der Waals surface area contributed by atoms with Gasteiger partial charge in [0.2, 0.25) is 0 Å². The van der Waals surface area contributed by atoms with E-state index in [0.29, 0.717) is 17.1 Å². The molecule has 2 heteroatoms. The van der Waals surface area contributed by atoms with Gasteiger partial charge in [0.25, 0.3) is 0 Å². The van der Waals surface area contributed by atoms with Crippen molar-refractivity contribution in [3.63, 3.8) is 0 Å². The van der Waals surface area contributed by atoms with Gasteiger partial charge in [0.15, 0.2) is 0 Å². The van der Waals surface area contributed by atoms with Gasteiger partial charge in [-0.2, -0.15) is 0 Å². The van der Waals surface area contributed by atoms with E-state index in [9.17, 15) is 10.2 Å². The zero-order valence-corrected chi connectivity index (χ0v) is 14.0. The van der Waals surface area contributed by atoms with Crippen LogP contribution in [0.5, 0.6) is 11.5 Å². The fourth-order valence-corrected chi connectivity index (χ4v) is 4.77. The van der Waals surface area contributed by atoms with Crippen LogP contribution in [-0.2, 0) is 6.42 Å². The predicted molar refractivity (Wildman–Crippen MR) is 90.0 cm³/mol. The summed E-state index contributed by atoms with van der Waals surface area (Å²) in [5, 5.41) is 19.8. The Labute approximate surface area is 133 Å². The Balaban J connectivity index is 1.92. The third kappa shape index (κ3) is 2.76. The molecular weight excluding hydrogens is 272 g/mol. The fraction of sp³-hybridized carbons (Fsp3) is 0.600. The fourth-order valence-electron chi connectivity index (χ4n) is 4.77. The molecule has 2 aliphatic carbocycles. The molecule has 1 fully saturated rings. The van der Waals surface area contributed by atoms with Crippen LogP contribution in [0.15, 0.2) is 29.3 Å². The minimum Gasteiger partial charge on any atom is -0.508 e. The van der Waals surface area contributed by atoms with Crippen molar-refractivity contribution in [1.29, 1.82) is 0 Å². The SMILES string of the molecule is CC1=C(Cc2cc(O)ccc2O)[C@H]2CCCC(C)(C)[C@@H]2CC1. The molecule has 0 aromatic heterocycles. The Hall–Kier alpha value is -1.44. The first kappa shape index (κ1) is 15.5. The quantitative estimate of drug-likeness (QED) is 0.582. The third-order valence-corrected chi connectivity index (χ3v) is 6.10. The molecule has 0 spiro atoms. The molecule has 2 aliphatic rings. The van der Waals surface area contributed by atoms with Crippen molar-refractivity contribution in [1.82, 2.24) is 0 Å². The Morgan fingerprint density at radius 3 is 2.73 bits per heavy atom. The second-order valence-corrected chi connectivity index (χ2v) is 7.93. The van der Waals surface area contributed by atoms with E-state index in [2.05, 4.69) is 20.8 Å². The number of hydrogen-bond acceptors (Lipinski definition) is 2. The maximum Gasteiger partial charge on any atom is 0.119 e. The second-order valence-electron chi connectivity index (χ2n) is 7.93. The molecule has 0 amide bonds. The Morgan fingerprint density at radius 1 is 1.18 bits per heavy atom. The van der Waals surface area contributed by atoms with Gasteiger partial charge in [0, 0.05) is 5.56 Å². The number of phenolic OH excluding ortho intramolecular Hbond substituents is 2. The van der Waals surface area contributed by atoms with Crippen molar-refractivity contribution < 1.29 is 10.2 Å². The minimum absolute atomic E-state index is 0.238. The maximum atomic E-state index is 10.1. The molecule has 0 heterocycles. The predicted octanol–water partition coefficient (Wildman–Crippen LogP) is 5.19. The number of benzene rings is 1. The van der Waals surface area contributed by atoms with E-state index in [0.717, 1.165) is 17.9 Å². The lowest BCUT2D eigenvalue weighted by atomic mass is 9.57. The van der Waals surface area contributed by atoms with Crippen molar-refractivity contribution in [3.8, 4) is 11.5 Å². The molecule has 0 radical (unpaired) electrons. The lowest BCUT2D eigenvalue weighted by Crippen LogP contribution is -2.38. The van der Waals surface area contributed by atoms with Crippen LogP contribution in [0.3, 0.4) is 0 Å². The summed E-state index contributed by atoms with van der Waals surface area (Å²) in [6.07, 6.45) is 7.18. The van der Waals surface area contributed by atoms with E-state index in [1.165, 1.54) is 43.3 Å². The zero-order chi connectivity index (χ0) is 15.9. The first-order chi connectivity index (χ1) is 10.4. The first-order valence-corrected chi connectivity index (χ1v) is 8.58. The van der Waals surface area contributed by atoms with E-state index in [1.807, 2.05) is 0 Å². The van der Waals surface area contributed by atoms with Crippen LogP contribution in [0, 0.1) is 17.3 Å². The largest absolute Gasteiger partial charge is 0.508 e. The highest BCUT2D eigenvalue weighted by atomic mass is 16.3. The molecule has 2 N–H and O–H groups in total. The maximum absolute atomic E-state index is 10.1. The Morgan fingerprint density at radius 2 is 1.95 bits per heavy atom. The topological polar surface area (TPSA) is 40.5 Å². The van der Waals surface area contributed by atoms with Crippen LogP contribution in [0.1, 0.15) is 58.4 Å². The van der Waals surface area contributed by atoms with Crippen LogP contribution in [0.4, 0.5) is 0 Å². The summed E-state index contributed by atoms with van der Waals surface area (Å²) in [7, 11) is 0. The Kier molecular flexibility index (Phi) is 3.96. The van der Waals surface area contributed by atoms with E-state index in [1.54, 1.807) is 18.2 Å². The number of aromatic hydroxyl groups is 2. The normalized spacial score (nSPS) is 27.6. The molecule has 2 atom stereocenters. The lowest BCUT2D eigenvalue weighted by molar-refractivity contribution is 0.0761. The molecule has 1 aromatic rings. The molecule has 1 saturated carbocycles. The number of fused-ring (bicyclic) bond motifs is 1. The Bertz CT molecular complexity index is 598. The van der Waals surface area contributed by atoms with Gasteiger partial charge in [-0.05, 0) is 74.5 Å². The summed E-state index contributed by atoms with van der Waals surface area (Å²) in [4.78, 5) is 0. The van der Waals surface area contributed by atoms with Gasteiger partial charge in [-0.15, -0.1) is 0 Å². The second kappa shape index (κ2) is 5.64. The number of allylic oxidation sites excluding steroid dienone is 2. The van der Waals surface area contributed by atoms with Gasteiger partial charge in [-0.25, -0.2) is 0 Å². The molecule has 1 aromatic carbocycles. The van der Waals surface area contributed by atoms with Crippen molar-refractivity contribution >= 4 is 0 Å². The van der Waals surface area contributed by atoms with Crippen LogP contribution < -0.4 is 0 Å². The van der Waals surface area contributed by atoms with Gasteiger partial charge in [0.1, 0.15) is 11.5 Å².